The van der Waals surface area contributed by atoms with Gasteiger partial charge in [0.25, 0.3) is 0 Å². The van der Waals surface area contributed by atoms with E-state index in [1.165, 1.54) is 109 Å². The van der Waals surface area contributed by atoms with Crippen molar-refractivity contribution in [2.45, 2.75) is 252 Å². The molecule has 0 aromatic heterocycles. The quantitative estimate of drug-likeness (QED) is 0.0264. The first-order valence-electron chi connectivity index (χ1n) is 24.6. The molecular formula is C52H92O6. The summed E-state index contributed by atoms with van der Waals surface area (Å²) in [5.74, 6) is -0.907. The van der Waals surface area contributed by atoms with Crippen LogP contribution in [-0.4, -0.2) is 37.2 Å². The van der Waals surface area contributed by atoms with Crippen molar-refractivity contribution >= 4 is 17.9 Å². The lowest BCUT2D eigenvalue weighted by Crippen LogP contribution is -2.30. The molecule has 0 saturated carbocycles. The van der Waals surface area contributed by atoms with Crippen LogP contribution >= 0.6 is 0 Å². The van der Waals surface area contributed by atoms with Crippen molar-refractivity contribution in [1.82, 2.24) is 0 Å². The maximum Gasteiger partial charge on any atom is 0.306 e. The van der Waals surface area contributed by atoms with Crippen LogP contribution in [0.15, 0.2) is 48.6 Å². The van der Waals surface area contributed by atoms with Crippen molar-refractivity contribution in [1.29, 1.82) is 0 Å². The fraction of sp³-hybridized carbons (Fsp3) is 0.788. The third-order valence-electron chi connectivity index (χ3n) is 10.6. The van der Waals surface area contributed by atoms with E-state index < -0.39 is 6.10 Å². The highest BCUT2D eigenvalue weighted by Crippen LogP contribution is 2.15. The van der Waals surface area contributed by atoms with Crippen LogP contribution in [0.3, 0.4) is 0 Å². The Kier molecular flexibility index (Phi) is 44.9. The normalized spacial score (nSPS) is 12.4. The summed E-state index contributed by atoms with van der Waals surface area (Å²) in [6.45, 7) is 6.46. The molecule has 1 unspecified atom stereocenters. The van der Waals surface area contributed by atoms with Gasteiger partial charge in [-0.2, -0.15) is 0 Å². The van der Waals surface area contributed by atoms with E-state index in [9.17, 15) is 14.4 Å². The van der Waals surface area contributed by atoms with Crippen molar-refractivity contribution < 1.29 is 28.6 Å². The molecule has 6 nitrogen and oxygen atoms in total. The molecule has 0 aliphatic carbocycles. The third kappa shape index (κ3) is 44.5. The second kappa shape index (κ2) is 47.1. The summed E-state index contributed by atoms with van der Waals surface area (Å²) >= 11 is 0. The van der Waals surface area contributed by atoms with Gasteiger partial charge in [0.1, 0.15) is 13.2 Å². The van der Waals surface area contributed by atoms with Gasteiger partial charge < -0.3 is 14.2 Å². The van der Waals surface area contributed by atoms with Crippen LogP contribution < -0.4 is 0 Å². The molecule has 0 bridgehead atoms. The number of ether oxygens (including phenoxy) is 3. The average molecular weight is 813 g/mol. The van der Waals surface area contributed by atoms with E-state index >= 15 is 0 Å². The molecule has 0 radical (unpaired) electrons. The Labute approximate surface area is 358 Å². The molecule has 0 N–H and O–H groups in total. The van der Waals surface area contributed by atoms with E-state index in [1.807, 2.05) is 0 Å². The first kappa shape index (κ1) is 55.4. The molecule has 0 spiro atoms. The van der Waals surface area contributed by atoms with E-state index in [1.54, 1.807) is 0 Å². The summed E-state index contributed by atoms with van der Waals surface area (Å²) in [4.78, 5) is 37.7. The maximum absolute atomic E-state index is 12.7. The molecule has 336 valence electrons. The number of allylic oxidation sites excluding steroid dienone is 8. The highest BCUT2D eigenvalue weighted by atomic mass is 16.6. The number of carbonyl (C=O) groups is 3. The van der Waals surface area contributed by atoms with Crippen LogP contribution in [0.5, 0.6) is 0 Å². The molecular weight excluding hydrogens is 721 g/mol. The lowest BCUT2D eigenvalue weighted by atomic mass is 10.0. The van der Waals surface area contributed by atoms with Gasteiger partial charge in [-0.05, 0) is 57.8 Å². The topological polar surface area (TPSA) is 78.9 Å². The Morgan fingerprint density at radius 1 is 0.362 bits per heavy atom. The van der Waals surface area contributed by atoms with Crippen molar-refractivity contribution in [2.24, 2.45) is 0 Å². The average Bonchev–Trinajstić information content (AvgIpc) is 3.22. The van der Waals surface area contributed by atoms with Gasteiger partial charge in [-0.3, -0.25) is 14.4 Å². The highest BCUT2D eigenvalue weighted by molar-refractivity contribution is 5.71. The minimum atomic E-state index is -0.776. The molecule has 0 aromatic carbocycles. The molecule has 0 amide bonds. The standard InChI is InChI=1S/C52H92O6/c1-4-7-10-13-16-18-20-22-24-26-28-30-32-34-36-39-42-45-51(54)57-48-49(47-56-50(53)44-41-38-15-12-9-6-3)58-52(55)46-43-40-37-35-33-31-29-27-25-23-21-19-17-14-11-8-5-2/h7,10,16,18,22,24,28,30,49H,4-6,8-9,11-15,17,19-21,23,25-27,29,31-48H2,1-3H3/b10-7-,18-16-,24-22-,30-28-. The largest absolute Gasteiger partial charge is 0.462 e. The first-order valence-corrected chi connectivity index (χ1v) is 24.6. The molecule has 0 aliphatic heterocycles. The predicted molar refractivity (Wildman–Crippen MR) is 247 cm³/mol. The summed E-state index contributed by atoms with van der Waals surface area (Å²) in [7, 11) is 0. The Balaban J connectivity index is 4.26. The van der Waals surface area contributed by atoms with Crippen LogP contribution in [0.1, 0.15) is 245 Å². The number of unbranched alkanes of at least 4 members (excludes halogenated alkanes) is 25. The molecule has 0 aliphatic rings. The Morgan fingerprint density at radius 2 is 0.672 bits per heavy atom. The van der Waals surface area contributed by atoms with Crippen LogP contribution in [0, 0.1) is 0 Å². The summed E-state index contributed by atoms with van der Waals surface area (Å²) in [6.07, 6.45) is 55.4. The lowest BCUT2D eigenvalue weighted by Gasteiger charge is -2.18. The van der Waals surface area contributed by atoms with E-state index in [-0.39, 0.29) is 31.1 Å². The van der Waals surface area contributed by atoms with Gasteiger partial charge in [0.15, 0.2) is 6.10 Å². The number of esters is 3. The number of carbonyl (C=O) groups excluding carboxylic acids is 3. The predicted octanol–water partition coefficient (Wildman–Crippen LogP) is 15.9. The minimum absolute atomic E-state index is 0.0793. The fourth-order valence-corrected chi connectivity index (χ4v) is 6.90. The van der Waals surface area contributed by atoms with E-state index in [2.05, 4.69) is 69.4 Å². The highest BCUT2D eigenvalue weighted by Gasteiger charge is 2.19. The molecule has 0 fully saturated rings. The van der Waals surface area contributed by atoms with Gasteiger partial charge in [0, 0.05) is 19.3 Å². The fourth-order valence-electron chi connectivity index (χ4n) is 6.90. The molecule has 0 saturated heterocycles. The van der Waals surface area contributed by atoms with Gasteiger partial charge in [-0.15, -0.1) is 0 Å². The zero-order valence-electron chi connectivity index (χ0n) is 38.3. The number of hydrogen-bond donors (Lipinski definition) is 0. The van der Waals surface area contributed by atoms with Gasteiger partial charge in [-0.25, -0.2) is 0 Å². The van der Waals surface area contributed by atoms with Gasteiger partial charge >= 0.3 is 17.9 Å². The summed E-state index contributed by atoms with van der Waals surface area (Å²) in [5.41, 5.74) is 0. The van der Waals surface area contributed by atoms with Crippen molar-refractivity contribution in [3.63, 3.8) is 0 Å². The zero-order valence-corrected chi connectivity index (χ0v) is 38.3. The zero-order chi connectivity index (χ0) is 42.3. The van der Waals surface area contributed by atoms with E-state index in [0.29, 0.717) is 19.3 Å². The number of rotatable bonds is 44. The summed E-state index contributed by atoms with van der Waals surface area (Å²) in [5, 5.41) is 0. The van der Waals surface area contributed by atoms with Crippen molar-refractivity contribution in [2.75, 3.05) is 13.2 Å². The third-order valence-corrected chi connectivity index (χ3v) is 10.6. The Hall–Kier alpha value is -2.63. The molecule has 0 heterocycles. The van der Waals surface area contributed by atoms with Crippen molar-refractivity contribution in [3.8, 4) is 0 Å². The summed E-state index contributed by atoms with van der Waals surface area (Å²) in [6, 6.07) is 0. The molecule has 0 aromatic rings. The molecule has 58 heavy (non-hydrogen) atoms. The van der Waals surface area contributed by atoms with Gasteiger partial charge in [-0.1, -0.05) is 217 Å². The van der Waals surface area contributed by atoms with E-state index in [4.69, 9.17) is 14.2 Å². The number of hydrogen-bond acceptors (Lipinski definition) is 6. The SMILES string of the molecule is CC/C=C\C/C=C\C/C=C\C/C=C\CCCCCCC(=O)OCC(COC(=O)CCCCCCCC)OC(=O)CCCCCCCCCCCCCCCCCCC. The monoisotopic (exact) mass is 813 g/mol. The Morgan fingerprint density at radius 3 is 1.05 bits per heavy atom. The van der Waals surface area contributed by atoms with Crippen LogP contribution in [0.2, 0.25) is 0 Å². The second-order valence-electron chi connectivity index (χ2n) is 16.4. The Bertz CT molecular complexity index is 1030. The van der Waals surface area contributed by atoms with E-state index in [0.717, 1.165) is 96.3 Å². The van der Waals surface area contributed by atoms with Crippen molar-refractivity contribution in [3.05, 3.63) is 48.6 Å². The maximum atomic E-state index is 12.7. The molecule has 0 rings (SSSR count). The smallest absolute Gasteiger partial charge is 0.306 e. The minimum Gasteiger partial charge on any atom is -0.462 e. The van der Waals surface area contributed by atoms with Gasteiger partial charge in [0.2, 0.25) is 0 Å². The molecule has 6 heteroatoms. The van der Waals surface area contributed by atoms with Crippen LogP contribution in [-0.2, 0) is 28.6 Å². The second-order valence-corrected chi connectivity index (χ2v) is 16.4. The lowest BCUT2D eigenvalue weighted by molar-refractivity contribution is -0.167. The first-order chi connectivity index (χ1) is 28.5. The molecule has 1 atom stereocenters. The van der Waals surface area contributed by atoms with Crippen LogP contribution in [0.4, 0.5) is 0 Å². The van der Waals surface area contributed by atoms with Crippen LogP contribution in [0.25, 0.3) is 0 Å². The van der Waals surface area contributed by atoms with Gasteiger partial charge in [0.05, 0.1) is 0 Å². The summed E-state index contributed by atoms with van der Waals surface area (Å²) < 4.78 is 16.7.